The van der Waals surface area contributed by atoms with Crippen molar-refractivity contribution in [2.45, 2.75) is 32.7 Å². The summed E-state index contributed by atoms with van der Waals surface area (Å²) in [5.74, 6) is -0.430. The minimum Gasteiger partial charge on any atom is -0.311 e. The second kappa shape index (κ2) is 15.8. The maximum Gasteiger partial charge on any atom is 0.123 e. The van der Waals surface area contributed by atoms with Crippen molar-refractivity contribution in [3.05, 3.63) is 137 Å². The number of hydrogen-bond acceptors (Lipinski definition) is 5. The van der Waals surface area contributed by atoms with Gasteiger partial charge in [0.25, 0.3) is 0 Å². The molecule has 204 valence electrons. The lowest BCUT2D eigenvalue weighted by Gasteiger charge is -2.23. The fraction of sp³-hybridized carbons (Fsp3) is 0.281. The third-order valence-corrected chi connectivity index (χ3v) is 6.48. The van der Waals surface area contributed by atoms with Gasteiger partial charge in [-0.2, -0.15) is 0 Å². The summed E-state index contributed by atoms with van der Waals surface area (Å²) in [7, 11) is 0. The van der Waals surface area contributed by atoms with Gasteiger partial charge in [-0.05, 0) is 58.7 Å². The molecule has 0 saturated carbocycles. The van der Waals surface area contributed by atoms with Crippen LogP contribution in [0.1, 0.15) is 27.9 Å². The lowest BCUT2D eigenvalue weighted by atomic mass is 10.1. The summed E-state index contributed by atoms with van der Waals surface area (Å²) in [5.41, 5.74) is 5.67. The molecule has 1 heterocycles. The third-order valence-electron chi connectivity index (χ3n) is 6.48. The smallest absolute Gasteiger partial charge is 0.123 e. The van der Waals surface area contributed by atoms with Crippen molar-refractivity contribution >= 4 is 0 Å². The summed E-state index contributed by atoms with van der Waals surface area (Å²) >= 11 is 0. The van der Waals surface area contributed by atoms with Crippen LogP contribution in [0.25, 0.3) is 0 Å². The number of benzene rings is 3. The standard InChI is InChI=1S/C32H37F2N5/c33-30-12-8-27(9-13-30)21-35-17-19-39(20-18-36-22-28-10-14-31(34)15-11-28)25-29-6-4-26(5-7-29)23-37-24-32-3-1-2-16-38-32/h1-16,35-37H,17-25H2. The van der Waals surface area contributed by atoms with Gasteiger partial charge in [0.2, 0.25) is 0 Å². The highest BCUT2D eigenvalue weighted by molar-refractivity contribution is 5.23. The Morgan fingerprint density at radius 1 is 0.538 bits per heavy atom. The van der Waals surface area contributed by atoms with Crippen LogP contribution < -0.4 is 16.0 Å². The van der Waals surface area contributed by atoms with Crippen molar-refractivity contribution in [1.29, 1.82) is 0 Å². The summed E-state index contributed by atoms with van der Waals surface area (Å²) < 4.78 is 26.3. The van der Waals surface area contributed by atoms with E-state index in [9.17, 15) is 8.78 Å². The van der Waals surface area contributed by atoms with Crippen LogP contribution in [0.15, 0.2) is 97.2 Å². The lowest BCUT2D eigenvalue weighted by Crippen LogP contribution is -2.36. The Hall–Kier alpha value is -3.49. The summed E-state index contributed by atoms with van der Waals surface area (Å²) in [6, 6.07) is 27.9. The molecule has 7 heteroatoms. The zero-order valence-corrected chi connectivity index (χ0v) is 22.3. The zero-order chi connectivity index (χ0) is 27.1. The number of halogens is 2. The molecule has 0 aliphatic carbocycles. The van der Waals surface area contributed by atoms with E-state index < -0.39 is 0 Å². The van der Waals surface area contributed by atoms with Gasteiger partial charge in [0, 0.05) is 65.1 Å². The fourth-order valence-electron chi connectivity index (χ4n) is 4.27. The molecule has 3 N–H and O–H groups in total. The average Bonchev–Trinajstić information content (AvgIpc) is 2.96. The van der Waals surface area contributed by atoms with Gasteiger partial charge in [0.1, 0.15) is 11.6 Å². The molecule has 39 heavy (non-hydrogen) atoms. The van der Waals surface area contributed by atoms with Gasteiger partial charge < -0.3 is 16.0 Å². The summed E-state index contributed by atoms with van der Waals surface area (Å²) in [6.45, 7) is 7.20. The monoisotopic (exact) mass is 529 g/mol. The van der Waals surface area contributed by atoms with E-state index in [2.05, 4.69) is 50.1 Å². The summed E-state index contributed by atoms with van der Waals surface area (Å²) in [4.78, 5) is 6.77. The van der Waals surface area contributed by atoms with Gasteiger partial charge in [-0.25, -0.2) is 8.78 Å². The van der Waals surface area contributed by atoms with E-state index in [-0.39, 0.29) is 11.6 Å². The first kappa shape index (κ1) is 28.5. The second-order valence-corrected chi connectivity index (χ2v) is 9.62. The molecule has 0 unspecified atom stereocenters. The van der Waals surface area contributed by atoms with E-state index >= 15 is 0 Å². The highest BCUT2D eigenvalue weighted by atomic mass is 19.1. The molecule has 0 atom stereocenters. The van der Waals surface area contributed by atoms with Crippen LogP contribution in [0, 0.1) is 11.6 Å². The van der Waals surface area contributed by atoms with E-state index in [0.29, 0.717) is 13.1 Å². The molecule has 4 aromatic rings. The Morgan fingerprint density at radius 2 is 1.03 bits per heavy atom. The molecule has 0 amide bonds. The van der Waals surface area contributed by atoms with Gasteiger partial charge >= 0.3 is 0 Å². The van der Waals surface area contributed by atoms with Crippen LogP contribution in [0.2, 0.25) is 0 Å². The quantitative estimate of drug-likeness (QED) is 0.178. The third kappa shape index (κ3) is 10.7. The lowest BCUT2D eigenvalue weighted by molar-refractivity contribution is 0.264. The van der Waals surface area contributed by atoms with Crippen molar-refractivity contribution in [2.24, 2.45) is 0 Å². The van der Waals surface area contributed by atoms with Crippen LogP contribution in [-0.4, -0.2) is 36.1 Å². The molecule has 0 spiro atoms. The van der Waals surface area contributed by atoms with E-state index in [1.807, 2.05) is 48.7 Å². The molecule has 0 aliphatic heterocycles. The number of hydrogen-bond donors (Lipinski definition) is 3. The molecule has 0 saturated heterocycles. The molecule has 0 bridgehead atoms. The molecular weight excluding hydrogens is 492 g/mol. The van der Waals surface area contributed by atoms with E-state index in [0.717, 1.165) is 62.6 Å². The Balaban J connectivity index is 1.24. The van der Waals surface area contributed by atoms with Crippen LogP contribution in [0.5, 0.6) is 0 Å². The number of nitrogens with one attached hydrogen (secondary N) is 3. The maximum atomic E-state index is 13.2. The highest BCUT2D eigenvalue weighted by Crippen LogP contribution is 2.09. The van der Waals surface area contributed by atoms with E-state index in [1.165, 1.54) is 35.4 Å². The van der Waals surface area contributed by atoms with Gasteiger partial charge in [-0.1, -0.05) is 54.6 Å². The molecular formula is C32H37F2N5. The minimum absolute atomic E-state index is 0.215. The van der Waals surface area contributed by atoms with Gasteiger partial charge in [-0.3, -0.25) is 9.88 Å². The molecule has 0 fully saturated rings. The Kier molecular flexibility index (Phi) is 11.6. The van der Waals surface area contributed by atoms with Crippen LogP contribution in [0.4, 0.5) is 8.78 Å². The molecule has 0 aliphatic rings. The van der Waals surface area contributed by atoms with Gasteiger partial charge in [-0.15, -0.1) is 0 Å². The van der Waals surface area contributed by atoms with Gasteiger partial charge in [0.05, 0.1) is 5.69 Å². The number of aromatic nitrogens is 1. The maximum absolute atomic E-state index is 13.2. The highest BCUT2D eigenvalue weighted by Gasteiger charge is 2.07. The second-order valence-electron chi connectivity index (χ2n) is 9.62. The predicted octanol–water partition coefficient (Wildman–Crippen LogP) is 5.03. The Bertz CT molecular complexity index is 1160. The molecule has 5 nitrogen and oxygen atoms in total. The SMILES string of the molecule is Fc1ccc(CNCCN(CCNCc2ccc(F)cc2)Cc2ccc(CNCc3ccccn3)cc2)cc1. The fourth-order valence-corrected chi connectivity index (χ4v) is 4.27. The largest absolute Gasteiger partial charge is 0.311 e. The Morgan fingerprint density at radius 3 is 1.54 bits per heavy atom. The van der Waals surface area contributed by atoms with Crippen LogP contribution in [0.3, 0.4) is 0 Å². The number of pyridine rings is 1. The molecule has 0 radical (unpaired) electrons. The summed E-state index contributed by atoms with van der Waals surface area (Å²) in [5, 5.41) is 10.4. The van der Waals surface area contributed by atoms with Crippen LogP contribution in [-0.2, 0) is 32.7 Å². The summed E-state index contributed by atoms with van der Waals surface area (Å²) in [6.07, 6.45) is 1.81. The van der Waals surface area contributed by atoms with Crippen molar-refractivity contribution in [2.75, 3.05) is 26.2 Å². The van der Waals surface area contributed by atoms with E-state index in [1.54, 1.807) is 0 Å². The number of rotatable bonds is 16. The van der Waals surface area contributed by atoms with Crippen molar-refractivity contribution in [1.82, 2.24) is 25.8 Å². The first-order valence-electron chi connectivity index (χ1n) is 13.5. The normalized spacial score (nSPS) is 11.3. The minimum atomic E-state index is -0.215. The Labute approximate surface area is 230 Å². The van der Waals surface area contributed by atoms with E-state index in [4.69, 9.17) is 0 Å². The predicted molar refractivity (Wildman–Crippen MR) is 153 cm³/mol. The molecule has 1 aromatic heterocycles. The topological polar surface area (TPSA) is 52.2 Å². The molecule has 3 aromatic carbocycles. The van der Waals surface area contributed by atoms with Crippen molar-refractivity contribution < 1.29 is 8.78 Å². The zero-order valence-electron chi connectivity index (χ0n) is 22.3. The van der Waals surface area contributed by atoms with Crippen molar-refractivity contribution in [3.63, 3.8) is 0 Å². The van der Waals surface area contributed by atoms with Crippen LogP contribution >= 0.6 is 0 Å². The van der Waals surface area contributed by atoms with Gasteiger partial charge in [0.15, 0.2) is 0 Å². The van der Waals surface area contributed by atoms with Crippen molar-refractivity contribution in [3.8, 4) is 0 Å². The number of nitrogens with zero attached hydrogens (tertiary/aromatic N) is 2. The first-order valence-corrected chi connectivity index (χ1v) is 13.5. The average molecular weight is 530 g/mol. The molecule has 4 rings (SSSR count). The first-order chi connectivity index (χ1) is 19.1.